The van der Waals surface area contributed by atoms with E-state index in [1.54, 1.807) is 7.11 Å². The highest BCUT2D eigenvalue weighted by Crippen LogP contribution is 2.22. The van der Waals surface area contributed by atoms with Gasteiger partial charge < -0.3 is 19.9 Å². The van der Waals surface area contributed by atoms with Crippen molar-refractivity contribution in [2.75, 3.05) is 52.4 Å². The minimum atomic E-state index is 0.714. The van der Waals surface area contributed by atoms with Gasteiger partial charge in [-0.15, -0.1) is 0 Å². The van der Waals surface area contributed by atoms with E-state index in [-0.39, 0.29) is 0 Å². The van der Waals surface area contributed by atoms with Gasteiger partial charge >= 0.3 is 0 Å². The molecule has 1 aromatic carbocycles. The molecule has 120 valence electrons. The summed E-state index contributed by atoms with van der Waals surface area (Å²) in [5.74, 6) is 0.827. The minimum absolute atomic E-state index is 0.714. The summed E-state index contributed by atoms with van der Waals surface area (Å²) in [7, 11) is 1.67. The summed E-state index contributed by atoms with van der Waals surface area (Å²) >= 11 is 0. The van der Waals surface area contributed by atoms with E-state index in [1.165, 1.54) is 0 Å². The summed E-state index contributed by atoms with van der Waals surface area (Å²) in [6, 6.07) is 5.78. The molecule has 1 rings (SSSR count). The second kappa shape index (κ2) is 10.4. The van der Waals surface area contributed by atoms with Gasteiger partial charge in [0.05, 0.1) is 20.3 Å². The largest absolute Gasteiger partial charge is 0.496 e. The number of hydrogen-bond donors (Lipinski definition) is 1. The third-order valence-corrected chi connectivity index (χ3v) is 3.22. The Kier molecular flexibility index (Phi) is 8.82. The fourth-order valence-corrected chi connectivity index (χ4v) is 2.08. The zero-order chi connectivity index (χ0) is 15.5. The molecule has 0 unspecified atom stereocenters. The van der Waals surface area contributed by atoms with Gasteiger partial charge in [0, 0.05) is 50.2 Å². The van der Waals surface area contributed by atoms with Gasteiger partial charge in [-0.05, 0) is 19.9 Å². The van der Waals surface area contributed by atoms with Crippen LogP contribution in [0.3, 0.4) is 0 Å². The van der Waals surface area contributed by atoms with E-state index in [0.29, 0.717) is 5.69 Å². The third kappa shape index (κ3) is 6.80. The molecule has 0 amide bonds. The normalized spacial score (nSPS) is 11.0. The lowest BCUT2D eigenvalue weighted by Crippen LogP contribution is -2.31. The molecular formula is C16H28N2O3. The molecule has 0 atom stereocenters. The highest BCUT2D eigenvalue weighted by Gasteiger charge is 2.10. The molecule has 0 heterocycles. The number of rotatable bonds is 11. The lowest BCUT2D eigenvalue weighted by atomic mass is 10.1. The maximum absolute atomic E-state index is 5.80. The lowest BCUT2D eigenvalue weighted by molar-refractivity contribution is 0.0794. The number of hydrogen-bond acceptors (Lipinski definition) is 5. The molecular weight excluding hydrogens is 268 g/mol. The molecule has 5 nitrogen and oxygen atoms in total. The standard InChI is InChI=1S/C16H28N2O3/c1-4-20-10-8-18(9-11-21-5-2)13-14-6-7-15(17)12-16(14)19-3/h6-7,12H,4-5,8-11,13,17H2,1-3H3. The van der Waals surface area contributed by atoms with Crippen molar-refractivity contribution in [3.05, 3.63) is 23.8 Å². The molecule has 0 saturated carbocycles. The average Bonchev–Trinajstić information content (AvgIpc) is 2.49. The Bertz CT molecular complexity index is 389. The van der Waals surface area contributed by atoms with E-state index < -0.39 is 0 Å². The van der Waals surface area contributed by atoms with Gasteiger partial charge in [-0.2, -0.15) is 0 Å². The molecule has 0 aliphatic carbocycles. The van der Waals surface area contributed by atoms with Gasteiger partial charge in [0.25, 0.3) is 0 Å². The van der Waals surface area contributed by atoms with Crippen LogP contribution in [0.15, 0.2) is 18.2 Å². The van der Waals surface area contributed by atoms with E-state index in [0.717, 1.165) is 57.4 Å². The average molecular weight is 296 g/mol. The number of nitrogens with zero attached hydrogens (tertiary/aromatic N) is 1. The molecule has 0 saturated heterocycles. The van der Waals surface area contributed by atoms with Crippen LogP contribution in [0.4, 0.5) is 5.69 Å². The first-order chi connectivity index (χ1) is 10.2. The summed E-state index contributed by atoms with van der Waals surface area (Å²) in [6.07, 6.45) is 0. The van der Waals surface area contributed by atoms with Gasteiger partial charge in [0.15, 0.2) is 0 Å². The van der Waals surface area contributed by atoms with Crippen molar-refractivity contribution in [3.8, 4) is 5.75 Å². The molecule has 0 spiro atoms. The Labute approximate surface area is 128 Å². The monoisotopic (exact) mass is 296 g/mol. The second-order valence-corrected chi connectivity index (χ2v) is 4.74. The van der Waals surface area contributed by atoms with E-state index in [1.807, 2.05) is 32.0 Å². The van der Waals surface area contributed by atoms with Gasteiger partial charge in [-0.3, -0.25) is 4.90 Å². The lowest BCUT2D eigenvalue weighted by Gasteiger charge is -2.23. The Morgan fingerprint density at radius 2 is 1.67 bits per heavy atom. The van der Waals surface area contributed by atoms with Crippen LogP contribution in [0.2, 0.25) is 0 Å². The van der Waals surface area contributed by atoms with Crippen LogP contribution in [-0.2, 0) is 16.0 Å². The predicted octanol–water partition coefficient (Wildman–Crippen LogP) is 2.15. The highest BCUT2D eigenvalue weighted by molar-refractivity contribution is 5.48. The summed E-state index contributed by atoms with van der Waals surface area (Å²) in [4.78, 5) is 2.30. The third-order valence-electron chi connectivity index (χ3n) is 3.22. The minimum Gasteiger partial charge on any atom is -0.496 e. The summed E-state index contributed by atoms with van der Waals surface area (Å²) in [6.45, 7) is 9.47. The fourth-order valence-electron chi connectivity index (χ4n) is 2.08. The van der Waals surface area contributed by atoms with Crippen LogP contribution in [0.1, 0.15) is 19.4 Å². The Hall–Kier alpha value is -1.30. The van der Waals surface area contributed by atoms with Gasteiger partial charge in [-0.1, -0.05) is 6.07 Å². The molecule has 21 heavy (non-hydrogen) atoms. The van der Waals surface area contributed by atoms with Crippen LogP contribution < -0.4 is 10.5 Å². The molecule has 0 bridgehead atoms. The van der Waals surface area contributed by atoms with Crippen molar-refractivity contribution in [2.45, 2.75) is 20.4 Å². The number of anilines is 1. The fraction of sp³-hybridized carbons (Fsp3) is 0.625. The zero-order valence-electron chi connectivity index (χ0n) is 13.4. The van der Waals surface area contributed by atoms with Crippen molar-refractivity contribution >= 4 is 5.69 Å². The second-order valence-electron chi connectivity index (χ2n) is 4.74. The number of ether oxygens (including phenoxy) is 3. The van der Waals surface area contributed by atoms with E-state index in [9.17, 15) is 0 Å². The van der Waals surface area contributed by atoms with Crippen molar-refractivity contribution in [1.29, 1.82) is 0 Å². The Morgan fingerprint density at radius 3 is 2.19 bits per heavy atom. The topological polar surface area (TPSA) is 57.0 Å². The smallest absolute Gasteiger partial charge is 0.125 e. The van der Waals surface area contributed by atoms with Crippen LogP contribution in [0.25, 0.3) is 0 Å². The molecule has 5 heteroatoms. The maximum atomic E-state index is 5.80. The van der Waals surface area contributed by atoms with E-state index in [2.05, 4.69) is 4.90 Å². The molecule has 0 aromatic heterocycles. The molecule has 0 fully saturated rings. The van der Waals surface area contributed by atoms with Crippen molar-refractivity contribution in [1.82, 2.24) is 4.90 Å². The molecule has 2 N–H and O–H groups in total. The van der Waals surface area contributed by atoms with Crippen LogP contribution >= 0.6 is 0 Å². The highest BCUT2D eigenvalue weighted by atomic mass is 16.5. The molecule has 0 aliphatic rings. The van der Waals surface area contributed by atoms with Crippen LogP contribution in [0.5, 0.6) is 5.75 Å². The molecule has 0 aliphatic heterocycles. The maximum Gasteiger partial charge on any atom is 0.125 e. The van der Waals surface area contributed by atoms with Gasteiger partial charge in [0.1, 0.15) is 5.75 Å². The van der Waals surface area contributed by atoms with E-state index >= 15 is 0 Å². The number of benzene rings is 1. The first kappa shape index (κ1) is 17.8. The van der Waals surface area contributed by atoms with Crippen LogP contribution in [-0.4, -0.2) is 51.5 Å². The van der Waals surface area contributed by atoms with Crippen molar-refractivity contribution in [3.63, 3.8) is 0 Å². The van der Waals surface area contributed by atoms with Crippen LogP contribution in [0, 0.1) is 0 Å². The summed E-state index contributed by atoms with van der Waals surface area (Å²) in [5, 5.41) is 0. The van der Waals surface area contributed by atoms with Gasteiger partial charge in [0.2, 0.25) is 0 Å². The number of nitrogen functional groups attached to an aromatic ring is 1. The summed E-state index contributed by atoms with van der Waals surface area (Å²) < 4.78 is 16.3. The molecule has 0 radical (unpaired) electrons. The van der Waals surface area contributed by atoms with Gasteiger partial charge in [-0.25, -0.2) is 0 Å². The van der Waals surface area contributed by atoms with E-state index in [4.69, 9.17) is 19.9 Å². The summed E-state index contributed by atoms with van der Waals surface area (Å²) in [5.41, 5.74) is 7.64. The van der Waals surface area contributed by atoms with Crippen molar-refractivity contribution in [2.24, 2.45) is 0 Å². The number of methoxy groups -OCH3 is 1. The van der Waals surface area contributed by atoms with Crippen molar-refractivity contribution < 1.29 is 14.2 Å². The Morgan fingerprint density at radius 1 is 1.05 bits per heavy atom. The Balaban J connectivity index is 2.64. The first-order valence-corrected chi connectivity index (χ1v) is 7.51. The quantitative estimate of drug-likeness (QED) is 0.501. The zero-order valence-corrected chi connectivity index (χ0v) is 13.4. The predicted molar refractivity (Wildman–Crippen MR) is 85.7 cm³/mol. The number of nitrogens with two attached hydrogens (primary N) is 1. The first-order valence-electron chi connectivity index (χ1n) is 7.51. The molecule has 1 aromatic rings. The SMILES string of the molecule is CCOCCN(CCOCC)Cc1ccc(N)cc1OC.